The van der Waals surface area contributed by atoms with E-state index in [1.54, 1.807) is 41.2 Å². The van der Waals surface area contributed by atoms with Gasteiger partial charge < -0.3 is 29.3 Å². The molecule has 3 aromatic carbocycles. The molecule has 0 radical (unpaired) electrons. The lowest BCUT2D eigenvalue weighted by atomic mass is 9.66. The maximum Gasteiger partial charge on any atom is 0.255 e. The quantitative estimate of drug-likeness (QED) is 0.167. The van der Waals surface area contributed by atoms with Gasteiger partial charge in [0.05, 0.1) is 40.8 Å². The maximum atomic E-state index is 16.4. The first-order chi connectivity index (χ1) is 28.6. The second-order valence-corrected chi connectivity index (χ2v) is 17.3. The number of nitrogens with one attached hydrogen (secondary N) is 2. The molecular weight excluding hydrogens is 757 g/mol. The summed E-state index contributed by atoms with van der Waals surface area (Å²) < 4.78 is 37.4. The van der Waals surface area contributed by atoms with E-state index < -0.39 is 29.2 Å². The van der Waals surface area contributed by atoms with Crippen LogP contribution in [-0.2, 0) is 20.9 Å². The van der Waals surface area contributed by atoms with Crippen LogP contribution in [-0.4, -0.2) is 97.4 Å². The fraction of sp³-hybridized carbons (Fsp3) is 0.467. The van der Waals surface area contributed by atoms with E-state index in [0.717, 1.165) is 82.7 Å². The Balaban J connectivity index is 0.775. The maximum absolute atomic E-state index is 16.4. The highest BCUT2D eigenvalue weighted by Gasteiger charge is 2.63. The van der Waals surface area contributed by atoms with Crippen LogP contribution in [0.5, 0.6) is 5.75 Å². The van der Waals surface area contributed by atoms with Crippen molar-refractivity contribution in [2.75, 3.05) is 67.6 Å². The van der Waals surface area contributed by atoms with Crippen molar-refractivity contribution in [3.63, 3.8) is 0 Å². The van der Waals surface area contributed by atoms with Crippen LogP contribution in [0, 0.1) is 23.0 Å². The van der Waals surface area contributed by atoms with E-state index >= 15 is 8.78 Å². The van der Waals surface area contributed by atoms with Gasteiger partial charge in [-0.3, -0.25) is 29.4 Å². The smallest absolute Gasteiger partial charge is 0.255 e. The summed E-state index contributed by atoms with van der Waals surface area (Å²) in [5.74, 6) is -0.631. The van der Waals surface area contributed by atoms with Gasteiger partial charge in [-0.25, -0.2) is 8.78 Å². The SMILES string of the molecule is COc1cc(N2CCC(CN3CCN(c4ccc5c(c4)CN([C@H]4CCC(=O)NC4=O)C5=O)CC3)CC2)c(F)cc1[C@@H]1N(c2cccc3[nH]cc(F)c23)C(=O)C12CCCC2. The number of piperidine rings is 2. The van der Waals surface area contributed by atoms with Gasteiger partial charge in [0, 0.05) is 87.9 Å². The lowest BCUT2D eigenvalue weighted by Gasteiger charge is -2.55. The van der Waals surface area contributed by atoms with E-state index in [0.29, 0.717) is 70.9 Å². The van der Waals surface area contributed by atoms with Gasteiger partial charge in [-0.1, -0.05) is 18.9 Å². The first kappa shape index (κ1) is 37.7. The second kappa shape index (κ2) is 14.6. The molecule has 1 aliphatic carbocycles. The molecule has 5 aliphatic heterocycles. The number of H-pyrrole nitrogens is 1. The van der Waals surface area contributed by atoms with Crippen molar-refractivity contribution in [1.29, 1.82) is 0 Å². The zero-order valence-electron chi connectivity index (χ0n) is 33.3. The Morgan fingerprint density at radius 3 is 2.37 bits per heavy atom. The van der Waals surface area contributed by atoms with Gasteiger partial charge in [-0.05, 0) is 80.0 Å². The third-order valence-electron chi connectivity index (χ3n) is 14.1. The highest BCUT2D eigenvalue weighted by atomic mass is 19.1. The number of carbonyl (C=O) groups excluding carboxylic acids is 4. The molecule has 4 saturated heterocycles. The largest absolute Gasteiger partial charge is 0.496 e. The van der Waals surface area contributed by atoms with Gasteiger partial charge in [0.2, 0.25) is 17.7 Å². The molecule has 10 rings (SSSR count). The van der Waals surface area contributed by atoms with Crippen LogP contribution in [0.2, 0.25) is 0 Å². The number of rotatable bonds is 8. The van der Waals surface area contributed by atoms with Crippen LogP contribution in [0.4, 0.5) is 25.8 Å². The molecule has 12 nitrogen and oxygen atoms in total. The van der Waals surface area contributed by atoms with Gasteiger partial charge in [0.15, 0.2) is 5.82 Å². The molecule has 6 aliphatic rings. The minimum absolute atomic E-state index is 0.0378. The van der Waals surface area contributed by atoms with E-state index in [9.17, 15) is 19.2 Å². The number of imide groups is 1. The Morgan fingerprint density at radius 1 is 0.847 bits per heavy atom. The molecule has 1 saturated carbocycles. The number of amides is 4. The zero-order chi connectivity index (χ0) is 40.6. The molecule has 2 atom stereocenters. The Labute approximate surface area is 341 Å². The minimum atomic E-state index is -0.664. The number of anilines is 3. The van der Waals surface area contributed by atoms with E-state index in [-0.39, 0.29) is 30.0 Å². The van der Waals surface area contributed by atoms with Crippen LogP contribution >= 0.6 is 0 Å². The highest BCUT2D eigenvalue weighted by Crippen LogP contribution is 2.62. The summed E-state index contributed by atoms with van der Waals surface area (Å²) in [5, 5.41) is 2.73. The number of fused-ring (bicyclic) bond motifs is 2. The summed E-state index contributed by atoms with van der Waals surface area (Å²) >= 11 is 0. The number of piperazine rings is 1. The van der Waals surface area contributed by atoms with Crippen LogP contribution in [0.3, 0.4) is 0 Å². The Morgan fingerprint density at radius 2 is 1.63 bits per heavy atom. The summed E-state index contributed by atoms with van der Waals surface area (Å²) in [6.07, 6.45) is 7.00. The summed E-state index contributed by atoms with van der Waals surface area (Å²) in [4.78, 5) is 64.5. The van der Waals surface area contributed by atoms with Gasteiger partial charge in [-0.2, -0.15) is 0 Å². The molecule has 2 N–H and O–H groups in total. The van der Waals surface area contributed by atoms with Gasteiger partial charge in [0.25, 0.3) is 5.91 Å². The minimum Gasteiger partial charge on any atom is -0.496 e. The molecule has 4 aromatic rings. The predicted octanol–water partition coefficient (Wildman–Crippen LogP) is 5.90. The van der Waals surface area contributed by atoms with Crippen LogP contribution in [0.25, 0.3) is 10.9 Å². The van der Waals surface area contributed by atoms with Crippen molar-refractivity contribution in [3.05, 3.63) is 83.1 Å². The molecule has 308 valence electrons. The van der Waals surface area contributed by atoms with Crippen molar-refractivity contribution < 1.29 is 32.7 Å². The molecule has 4 amide bonds. The van der Waals surface area contributed by atoms with Crippen molar-refractivity contribution in [2.24, 2.45) is 11.3 Å². The van der Waals surface area contributed by atoms with Gasteiger partial charge in [-0.15, -0.1) is 0 Å². The normalized spacial score (nSPS) is 23.7. The highest BCUT2D eigenvalue weighted by molar-refractivity contribution is 6.12. The predicted molar refractivity (Wildman–Crippen MR) is 218 cm³/mol. The third-order valence-corrected chi connectivity index (χ3v) is 14.1. The molecule has 59 heavy (non-hydrogen) atoms. The van der Waals surface area contributed by atoms with Crippen molar-refractivity contribution in [3.8, 4) is 5.75 Å². The fourth-order valence-electron chi connectivity index (χ4n) is 11.0. The van der Waals surface area contributed by atoms with Gasteiger partial charge >= 0.3 is 0 Å². The second-order valence-electron chi connectivity index (χ2n) is 17.3. The molecular formula is C45H49F2N7O5. The number of hydrogen-bond donors (Lipinski definition) is 2. The number of aromatic nitrogens is 1. The lowest BCUT2D eigenvalue weighted by molar-refractivity contribution is -0.140. The van der Waals surface area contributed by atoms with Crippen LogP contribution < -0.4 is 24.8 Å². The molecule has 0 unspecified atom stereocenters. The Hall–Kier alpha value is -5.50. The van der Waals surface area contributed by atoms with E-state index in [4.69, 9.17) is 4.74 Å². The number of hydrogen-bond acceptors (Lipinski definition) is 8. The van der Waals surface area contributed by atoms with E-state index in [1.165, 1.54) is 6.20 Å². The average molecular weight is 806 g/mol. The number of β-lactam (4-membered cyclic amide) rings is 1. The molecule has 1 aromatic heterocycles. The summed E-state index contributed by atoms with van der Waals surface area (Å²) in [6, 6.07) is 13.6. The van der Waals surface area contributed by atoms with Gasteiger partial charge in [0.1, 0.15) is 17.6 Å². The molecule has 5 fully saturated rings. The molecule has 0 bridgehead atoms. The first-order valence-corrected chi connectivity index (χ1v) is 21.1. The van der Waals surface area contributed by atoms with Crippen LogP contribution in [0.1, 0.15) is 78.9 Å². The van der Waals surface area contributed by atoms with Crippen molar-refractivity contribution in [1.82, 2.24) is 20.1 Å². The van der Waals surface area contributed by atoms with Crippen molar-refractivity contribution in [2.45, 2.75) is 70.0 Å². The Bertz CT molecular complexity index is 2360. The average Bonchev–Trinajstić information content (AvgIpc) is 3.99. The monoisotopic (exact) mass is 805 g/mol. The number of carbonyl (C=O) groups is 4. The first-order valence-electron chi connectivity index (χ1n) is 21.1. The number of benzene rings is 3. The van der Waals surface area contributed by atoms with Crippen molar-refractivity contribution >= 4 is 51.6 Å². The standard InChI is InChI=1S/C45H49F2N7O5/c1-59-38-23-37(32(46)22-31(38)41-45(13-2-3-14-45)44(58)54(41)35-6-4-5-34-40(35)33(47)24-48-34)52-15-11-27(12-16-52)25-50-17-19-51(20-18-50)29-7-8-30-28(21-29)26-53(43(30)57)36-9-10-39(55)49-42(36)56/h4-8,21-24,27,36,41,48H,2-3,9-20,25-26H2,1H3,(H,49,55,56)/t36-,41-/m0/s1. The summed E-state index contributed by atoms with van der Waals surface area (Å²) in [7, 11) is 1.59. The molecule has 1 spiro atoms. The fourth-order valence-corrected chi connectivity index (χ4v) is 11.0. The number of aromatic amines is 1. The number of methoxy groups -OCH3 is 1. The zero-order valence-corrected chi connectivity index (χ0v) is 33.3. The number of nitrogens with zero attached hydrogens (tertiary/aromatic N) is 5. The van der Waals surface area contributed by atoms with E-state index in [2.05, 4.69) is 31.1 Å². The number of halogens is 2. The lowest BCUT2D eigenvalue weighted by Crippen LogP contribution is -2.62. The van der Waals surface area contributed by atoms with E-state index in [1.807, 2.05) is 18.2 Å². The summed E-state index contributed by atoms with van der Waals surface area (Å²) in [5.41, 5.74) is 4.17. The topological polar surface area (TPSA) is 122 Å². The Kier molecular flexibility index (Phi) is 9.37. The molecule has 6 heterocycles. The molecule has 14 heteroatoms. The summed E-state index contributed by atoms with van der Waals surface area (Å²) in [6.45, 7) is 6.34. The van der Waals surface area contributed by atoms with Crippen LogP contribution in [0.15, 0.2) is 54.7 Å². The number of ether oxygens (including phenoxy) is 1. The third kappa shape index (κ3) is 6.24.